The molecule has 0 unspecified atom stereocenters. The Morgan fingerprint density at radius 3 is 1.12 bits per heavy atom. The zero-order valence-electron chi connectivity index (χ0n) is 27.0. The number of benzene rings is 3. The smallest absolute Gasteiger partial charge is 0.323 e. The van der Waals surface area contributed by atoms with Crippen molar-refractivity contribution in [2.75, 3.05) is 87.3 Å². The molecule has 0 atom stereocenters. The molecule has 3 aromatic rings. The first-order valence-electron chi connectivity index (χ1n) is 14.7. The zero-order valence-corrected chi connectivity index (χ0v) is 27.8. The van der Waals surface area contributed by atoms with Gasteiger partial charge in [-0.15, -0.1) is 0 Å². The van der Waals surface area contributed by atoms with Crippen molar-refractivity contribution in [2.45, 2.75) is 0 Å². The number of nitro benzene ring substituents is 2. The highest BCUT2D eigenvalue weighted by Crippen LogP contribution is 2.37. The summed E-state index contributed by atoms with van der Waals surface area (Å²) in [4.78, 5) is 46.8. The molecule has 0 aromatic heterocycles. The van der Waals surface area contributed by atoms with Crippen molar-refractivity contribution in [3.05, 3.63) is 80.9 Å². The van der Waals surface area contributed by atoms with E-state index in [0.717, 1.165) is 0 Å². The van der Waals surface area contributed by atoms with Crippen LogP contribution in [0.3, 0.4) is 0 Å². The van der Waals surface area contributed by atoms with Crippen LogP contribution in [0.4, 0.5) is 43.7 Å². The van der Waals surface area contributed by atoms with E-state index < -0.39 is 21.9 Å². The molecule has 8 N–H and O–H groups in total. The number of halogens is 1. The predicted molar refractivity (Wildman–Crippen MR) is 178 cm³/mol. The highest BCUT2D eigenvalue weighted by atomic mass is 35.5. The van der Waals surface area contributed by atoms with E-state index >= 15 is 0 Å². The topological polar surface area (TPSA) is 260 Å². The maximum atomic E-state index is 13.0. The number of amides is 4. The number of nitrogens with one attached hydrogen (secondary N) is 4. The van der Waals surface area contributed by atoms with Gasteiger partial charge in [-0.05, 0) is 24.3 Å². The predicted octanol–water partition coefficient (Wildman–Crippen LogP) is 2.01. The van der Waals surface area contributed by atoms with E-state index in [2.05, 4.69) is 21.3 Å². The Bertz CT molecular complexity index is 1430. The largest absolute Gasteiger partial charge is 1.00 e. The summed E-state index contributed by atoms with van der Waals surface area (Å²) >= 11 is 0. The summed E-state index contributed by atoms with van der Waals surface area (Å²) in [5, 5.41) is 32.4. The highest BCUT2D eigenvalue weighted by Gasteiger charge is 2.18. The van der Waals surface area contributed by atoms with Crippen LogP contribution in [0.25, 0.3) is 0 Å². The van der Waals surface area contributed by atoms with Gasteiger partial charge in [-0.25, -0.2) is 9.59 Å². The molecule has 272 valence electrons. The molecule has 4 rings (SSSR count). The Labute approximate surface area is 292 Å². The fourth-order valence-corrected chi connectivity index (χ4v) is 4.08. The van der Waals surface area contributed by atoms with Gasteiger partial charge in [0.05, 0.1) is 74.1 Å². The molecule has 1 aliphatic rings. The van der Waals surface area contributed by atoms with Crippen LogP contribution in [0.2, 0.25) is 0 Å². The molecule has 0 spiro atoms. The van der Waals surface area contributed by atoms with Gasteiger partial charge in [0, 0.05) is 47.8 Å². The Kier molecular flexibility index (Phi) is 17.7. The number of urea groups is 2. The molecule has 3 aromatic carbocycles. The monoisotopic (exact) mass is 723 g/mol. The summed E-state index contributed by atoms with van der Waals surface area (Å²) in [5.41, 5.74) is 0.433. The average molecular weight is 724 g/mol. The molecule has 20 heteroatoms. The zero-order chi connectivity index (χ0) is 34.1. The Morgan fingerprint density at radius 2 is 0.820 bits per heavy atom. The SMILES string of the molecule is O=C(Nc1ccc([N+](=O)[O-])cc1)Nc1cc2c(cc1NC(=O)Nc1ccc([N+](=O)[O-])cc1)OCCOCCOCCOCCOCCO2.[Cl-].[NH4+]. The fraction of sp³-hybridized carbons (Fsp3) is 0.333. The number of hydrogen-bond acceptors (Lipinski definition) is 12. The number of hydrogen-bond donors (Lipinski definition) is 5. The number of anilines is 4. The number of nitro groups is 2. The van der Waals surface area contributed by atoms with E-state index in [9.17, 15) is 29.8 Å². The molecule has 0 saturated heterocycles. The van der Waals surface area contributed by atoms with Crippen LogP contribution in [0.1, 0.15) is 0 Å². The summed E-state index contributed by atoms with van der Waals surface area (Å²) < 4.78 is 33.9. The van der Waals surface area contributed by atoms with Crippen LogP contribution in [-0.4, -0.2) is 88.0 Å². The van der Waals surface area contributed by atoms with Crippen LogP contribution < -0.4 is 49.3 Å². The van der Waals surface area contributed by atoms with E-state index in [1.807, 2.05) is 0 Å². The second kappa shape index (κ2) is 21.6. The van der Waals surface area contributed by atoms with Crippen LogP contribution in [0.15, 0.2) is 60.7 Å². The molecule has 0 aliphatic carbocycles. The van der Waals surface area contributed by atoms with Crippen LogP contribution in [0.5, 0.6) is 11.5 Å². The van der Waals surface area contributed by atoms with Crippen molar-refractivity contribution in [3.63, 3.8) is 0 Å². The van der Waals surface area contributed by atoms with Gasteiger partial charge in [-0.1, -0.05) is 0 Å². The quantitative estimate of drug-likeness (QED) is 0.181. The van der Waals surface area contributed by atoms with Gasteiger partial charge in [0.2, 0.25) is 0 Å². The van der Waals surface area contributed by atoms with Crippen molar-refractivity contribution in [1.82, 2.24) is 6.15 Å². The van der Waals surface area contributed by atoms with Crippen LogP contribution >= 0.6 is 0 Å². The third-order valence-corrected chi connectivity index (χ3v) is 6.34. The first kappa shape index (κ1) is 40.9. The molecule has 1 aliphatic heterocycles. The van der Waals surface area contributed by atoms with Crippen LogP contribution in [-0.2, 0) is 18.9 Å². The Morgan fingerprint density at radius 1 is 0.520 bits per heavy atom. The van der Waals surface area contributed by atoms with Crippen molar-refractivity contribution < 1.29 is 60.3 Å². The fourth-order valence-electron chi connectivity index (χ4n) is 4.08. The van der Waals surface area contributed by atoms with Gasteiger partial charge < -0.3 is 68.2 Å². The van der Waals surface area contributed by atoms with Gasteiger partial charge >= 0.3 is 12.1 Å². The number of non-ortho nitro benzene ring substituents is 2. The minimum atomic E-state index is -0.734. The van der Waals surface area contributed by atoms with E-state index in [1.165, 1.54) is 60.7 Å². The van der Waals surface area contributed by atoms with Crippen molar-refractivity contribution in [2.24, 2.45) is 0 Å². The molecule has 1 heterocycles. The van der Waals surface area contributed by atoms with Crippen molar-refractivity contribution in [3.8, 4) is 11.5 Å². The molecule has 0 fully saturated rings. The normalized spacial score (nSPS) is 14.2. The molecule has 4 amide bonds. The van der Waals surface area contributed by atoms with Gasteiger partial charge in [0.1, 0.15) is 13.2 Å². The minimum absolute atomic E-state index is 0. The summed E-state index contributed by atoms with van der Waals surface area (Å²) in [5.74, 6) is 0.428. The molecule has 19 nitrogen and oxygen atoms in total. The van der Waals surface area contributed by atoms with E-state index in [0.29, 0.717) is 39.6 Å². The molecular weight excluding hydrogens is 686 g/mol. The first-order valence-corrected chi connectivity index (χ1v) is 14.7. The standard InChI is InChI=1S/C30H34N6O12.ClH.H3N/c37-29(31-21-1-5-23(6-2-21)35(39)40)33-25-19-27-28(20-26(25)34-30(38)32-22-3-7-24(8-4-22)36(41)42)48-18-16-46-14-12-44-10-9-43-11-13-45-15-17-47-27;;/h1-8,19-20H,9-18H2,(H2,31,33,37)(H2,32,34,38);1H;1H3. The lowest BCUT2D eigenvalue weighted by Crippen LogP contribution is -3.00. The lowest BCUT2D eigenvalue weighted by Gasteiger charge is -2.19. The maximum Gasteiger partial charge on any atom is 0.323 e. The van der Waals surface area contributed by atoms with Gasteiger partial charge in [0.25, 0.3) is 11.4 Å². The summed E-state index contributed by atoms with van der Waals surface area (Å²) in [7, 11) is 0. The summed E-state index contributed by atoms with van der Waals surface area (Å²) in [6.45, 7) is 2.89. The lowest BCUT2D eigenvalue weighted by molar-refractivity contribution is -0.385. The second-order valence-corrected chi connectivity index (χ2v) is 9.76. The van der Waals surface area contributed by atoms with Crippen molar-refractivity contribution >= 4 is 46.2 Å². The third-order valence-electron chi connectivity index (χ3n) is 6.34. The number of quaternary nitrogens is 1. The molecule has 0 saturated carbocycles. The lowest BCUT2D eigenvalue weighted by atomic mass is 10.2. The van der Waals surface area contributed by atoms with Gasteiger partial charge in [0.15, 0.2) is 11.5 Å². The number of carbonyl (C=O) groups is 2. The highest BCUT2D eigenvalue weighted by molar-refractivity contribution is 6.06. The van der Waals surface area contributed by atoms with E-state index in [4.69, 9.17) is 28.4 Å². The molecular formula is C30H38ClN7O12. The van der Waals surface area contributed by atoms with E-state index in [1.54, 1.807) is 0 Å². The average Bonchev–Trinajstić information content (AvgIpc) is 3.06. The van der Waals surface area contributed by atoms with Gasteiger partial charge in [-0.3, -0.25) is 20.2 Å². The maximum absolute atomic E-state index is 13.0. The number of ether oxygens (including phenoxy) is 6. The second-order valence-electron chi connectivity index (χ2n) is 9.76. The first-order chi connectivity index (χ1) is 23.3. The summed E-state index contributed by atoms with van der Waals surface area (Å²) in [6, 6.07) is 11.8. The number of carbonyl (C=O) groups excluding carboxylic acids is 2. The number of rotatable bonds is 6. The Hall–Kier alpha value is -5.31. The Balaban J connectivity index is 0.00000433. The third kappa shape index (κ3) is 13.7. The molecule has 0 bridgehead atoms. The van der Waals surface area contributed by atoms with E-state index in [-0.39, 0.29) is 90.6 Å². The summed E-state index contributed by atoms with van der Waals surface area (Å²) in [6.07, 6.45) is 0. The molecule has 50 heavy (non-hydrogen) atoms. The van der Waals surface area contributed by atoms with Crippen molar-refractivity contribution in [1.29, 1.82) is 0 Å². The molecule has 0 radical (unpaired) electrons. The van der Waals surface area contributed by atoms with Gasteiger partial charge in [-0.2, -0.15) is 0 Å². The minimum Gasteiger partial charge on any atom is -1.00 e. The number of nitrogens with zero attached hydrogens (tertiary/aromatic N) is 2. The van der Waals surface area contributed by atoms with Crippen LogP contribution in [0, 0.1) is 20.2 Å². The number of fused-ring (bicyclic) bond motifs is 1.